The number of rotatable bonds is 3. The van der Waals surface area contributed by atoms with E-state index in [4.69, 9.17) is 16.3 Å². The number of amides is 1. The number of carbonyl (C=O) groups excluding carboxylic acids is 1. The number of nitrogens with one attached hydrogen (secondary N) is 1. The Kier molecular flexibility index (Phi) is 5.36. The van der Waals surface area contributed by atoms with Gasteiger partial charge in [-0.1, -0.05) is 29.8 Å². The van der Waals surface area contributed by atoms with Crippen molar-refractivity contribution >= 4 is 23.8 Å². The lowest BCUT2D eigenvalue weighted by Crippen LogP contribution is -2.32. The first-order valence-electron chi connectivity index (χ1n) is 6.04. The number of pyridine rings is 1. The van der Waals surface area contributed by atoms with E-state index < -0.39 is 11.7 Å². The largest absolute Gasteiger partial charge is 0.444 e. The molecule has 0 aliphatic rings. The first-order chi connectivity index (χ1) is 8.78. The molecular weight excluding hydrogens is 264 g/mol. The van der Waals surface area contributed by atoms with Crippen LogP contribution in [0.2, 0.25) is 5.15 Å². The molecule has 1 aromatic rings. The van der Waals surface area contributed by atoms with Crippen LogP contribution < -0.4 is 5.32 Å². The van der Waals surface area contributed by atoms with Gasteiger partial charge in [0, 0.05) is 17.8 Å². The van der Waals surface area contributed by atoms with Crippen LogP contribution in [0.4, 0.5) is 4.79 Å². The fraction of sp³-hybridized carbons (Fsp3) is 0.429. The highest BCUT2D eigenvalue weighted by Gasteiger charge is 2.14. The normalized spacial score (nSPS) is 11.6. The molecule has 1 aromatic heterocycles. The number of ether oxygens (including phenoxy) is 1. The minimum atomic E-state index is -0.488. The number of alkyl carbamates (subject to hydrolysis) is 1. The molecule has 0 aliphatic carbocycles. The summed E-state index contributed by atoms with van der Waals surface area (Å²) >= 11 is 5.98. The van der Waals surface area contributed by atoms with Crippen LogP contribution in [0.25, 0.3) is 6.08 Å². The second-order valence-electron chi connectivity index (χ2n) is 5.12. The third-order valence-corrected chi connectivity index (χ3v) is 2.38. The maximum absolute atomic E-state index is 11.4. The van der Waals surface area contributed by atoms with Gasteiger partial charge < -0.3 is 10.1 Å². The zero-order valence-corrected chi connectivity index (χ0v) is 12.4. The Morgan fingerprint density at radius 2 is 2.16 bits per heavy atom. The number of aryl methyl sites for hydroxylation is 1. The van der Waals surface area contributed by atoms with Crippen LogP contribution in [-0.2, 0) is 4.74 Å². The molecule has 0 fully saturated rings. The first kappa shape index (κ1) is 15.5. The Balaban J connectivity index is 2.44. The number of hydrogen-bond acceptors (Lipinski definition) is 3. The summed E-state index contributed by atoms with van der Waals surface area (Å²) in [6.07, 6.45) is 3.17. The molecule has 0 saturated heterocycles. The summed E-state index contributed by atoms with van der Waals surface area (Å²) in [6, 6.07) is 3.77. The van der Waals surface area contributed by atoms with Crippen LogP contribution in [0.5, 0.6) is 0 Å². The lowest BCUT2D eigenvalue weighted by atomic mass is 10.2. The van der Waals surface area contributed by atoms with Crippen LogP contribution in [0, 0.1) is 6.92 Å². The molecule has 0 aliphatic heterocycles. The van der Waals surface area contributed by atoms with Crippen molar-refractivity contribution in [2.45, 2.75) is 33.3 Å². The van der Waals surface area contributed by atoms with Gasteiger partial charge in [0.25, 0.3) is 0 Å². The van der Waals surface area contributed by atoms with Crippen LogP contribution in [0.3, 0.4) is 0 Å². The highest BCUT2D eigenvalue weighted by atomic mass is 35.5. The highest BCUT2D eigenvalue weighted by Crippen LogP contribution is 2.14. The molecule has 1 N–H and O–H groups in total. The number of halogens is 1. The Bertz CT molecular complexity index is 479. The quantitative estimate of drug-likeness (QED) is 0.862. The number of nitrogens with zero attached hydrogens (tertiary/aromatic N) is 1. The third-order valence-electron chi connectivity index (χ3n) is 2.08. The number of hydrogen-bond donors (Lipinski definition) is 1. The molecule has 5 heteroatoms. The maximum atomic E-state index is 11.4. The summed E-state index contributed by atoms with van der Waals surface area (Å²) in [5.74, 6) is 0. The molecule has 0 radical (unpaired) electrons. The van der Waals surface area contributed by atoms with E-state index >= 15 is 0 Å². The van der Waals surface area contributed by atoms with Crippen molar-refractivity contribution in [3.63, 3.8) is 0 Å². The Hall–Kier alpha value is -1.55. The average molecular weight is 283 g/mol. The van der Waals surface area contributed by atoms with Crippen LogP contribution >= 0.6 is 11.6 Å². The van der Waals surface area contributed by atoms with E-state index in [9.17, 15) is 4.79 Å². The molecule has 0 spiro atoms. The zero-order chi connectivity index (χ0) is 14.5. The van der Waals surface area contributed by atoms with Crippen LogP contribution in [0.1, 0.15) is 32.0 Å². The van der Waals surface area contributed by atoms with Gasteiger partial charge >= 0.3 is 6.09 Å². The molecule has 1 heterocycles. The summed E-state index contributed by atoms with van der Waals surface area (Å²) in [4.78, 5) is 15.5. The van der Waals surface area contributed by atoms with Crippen LogP contribution in [0.15, 0.2) is 18.2 Å². The average Bonchev–Trinajstić information content (AvgIpc) is 2.24. The fourth-order valence-electron chi connectivity index (χ4n) is 1.30. The van der Waals surface area contributed by atoms with Gasteiger partial charge in [0.2, 0.25) is 0 Å². The Morgan fingerprint density at radius 1 is 1.47 bits per heavy atom. The van der Waals surface area contributed by atoms with E-state index in [-0.39, 0.29) is 0 Å². The van der Waals surface area contributed by atoms with E-state index in [2.05, 4.69) is 10.3 Å². The molecule has 0 bridgehead atoms. The molecule has 0 saturated carbocycles. The van der Waals surface area contributed by atoms with E-state index in [1.807, 2.05) is 45.9 Å². The fourth-order valence-corrected chi connectivity index (χ4v) is 1.56. The van der Waals surface area contributed by atoms with Gasteiger partial charge in [-0.2, -0.15) is 0 Å². The SMILES string of the molecule is Cc1ccc(C=CCNC(=O)OC(C)(C)C)c(Cl)n1. The molecule has 4 nitrogen and oxygen atoms in total. The van der Waals surface area contributed by atoms with Crippen molar-refractivity contribution in [3.05, 3.63) is 34.6 Å². The summed E-state index contributed by atoms with van der Waals surface area (Å²) in [5.41, 5.74) is 1.20. The van der Waals surface area contributed by atoms with Gasteiger partial charge in [0.15, 0.2) is 0 Å². The predicted molar refractivity (Wildman–Crippen MR) is 77.3 cm³/mol. The first-order valence-corrected chi connectivity index (χ1v) is 6.42. The van der Waals surface area contributed by atoms with E-state index in [1.165, 1.54) is 0 Å². The van der Waals surface area contributed by atoms with Crippen molar-refractivity contribution in [2.24, 2.45) is 0 Å². The minimum absolute atomic E-state index is 0.374. The van der Waals surface area contributed by atoms with E-state index in [1.54, 1.807) is 6.08 Å². The summed E-state index contributed by atoms with van der Waals surface area (Å²) in [6.45, 7) is 7.71. The van der Waals surface area contributed by atoms with E-state index in [0.717, 1.165) is 11.3 Å². The van der Waals surface area contributed by atoms with Crippen molar-refractivity contribution in [1.82, 2.24) is 10.3 Å². The molecule has 19 heavy (non-hydrogen) atoms. The molecule has 0 atom stereocenters. The van der Waals surface area contributed by atoms with E-state index in [0.29, 0.717) is 11.7 Å². The summed E-state index contributed by atoms with van der Waals surface area (Å²) in [5, 5.41) is 3.08. The third kappa shape index (κ3) is 6.25. The van der Waals surface area contributed by atoms with Crippen molar-refractivity contribution in [2.75, 3.05) is 6.54 Å². The Labute approximate surface area is 118 Å². The van der Waals surface area contributed by atoms with Gasteiger partial charge in [-0.15, -0.1) is 0 Å². The van der Waals surface area contributed by atoms with Crippen molar-refractivity contribution in [3.8, 4) is 0 Å². The van der Waals surface area contributed by atoms with Gasteiger partial charge in [-0.05, 0) is 33.8 Å². The molecule has 1 rings (SSSR count). The minimum Gasteiger partial charge on any atom is -0.444 e. The number of aromatic nitrogens is 1. The molecule has 104 valence electrons. The van der Waals surface area contributed by atoms with Crippen molar-refractivity contribution < 1.29 is 9.53 Å². The molecule has 0 unspecified atom stereocenters. The smallest absolute Gasteiger partial charge is 0.407 e. The summed E-state index contributed by atoms with van der Waals surface area (Å²) < 4.78 is 5.11. The second kappa shape index (κ2) is 6.57. The molecular formula is C14H19ClN2O2. The zero-order valence-electron chi connectivity index (χ0n) is 11.7. The standard InChI is InChI=1S/C14H19ClN2O2/c1-10-7-8-11(12(15)17-10)6-5-9-16-13(18)19-14(2,3)4/h5-8H,9H2,1-4H3,(H,16,18). The topological polar surface area (TPSA) is 51.2 Å². The lowest BCUT2D eigenvalue weighted by molar-refractivity contribution is 0.0534. The maximum Gasteiger partial charge on any atom is 0.407 e. The number of carbonyl (C=O) groups is 1. The van der Waals surface area contributed by atoms with Gasteiger partial charge in [-0.3, -0.25) is 0 Å². The van der Waals surface area contributed by atoms with Gasteiger partial charge in [0.1, 0.15) is 10.8 Å². The lowest BCUT2D eigenvalue weighted by Gasteiger charge is -2.19. The monoisotopic (exact) mass is 282 g/mol. The highest BCUT2D eigenvalue weighted by molar-refractivity contribution is 6.30. The summed E-state index contributed by atoms with van der Waals surface area (Å²) in [7, 11) is 0. The van der Waals surface area contributed by atoms with Gasteiger partial charge in [0.05, 0.1) is 0 Å². The second-order valence-corrected chi connectivity index (χ2v) is 5.48. The van der Waals surface area contributed by atoms with Gasteiger partial charge in [-0.25, -0.2) is 9.78 Å². The Morgan fingerprint density at radius 3 is 2.74 bits per heavy atom. The van der Waals surface area contributed by atoms with Crippen molar-refractivity contribution in [1.29, 1.82) is 0 Å². The molecule has 0 aromatic carbocycles. The molecule has 1 amide bonds. The van der Waals surface area contributed by atoms with Crippen LogP contribution in [-0.4, -0.2) is 23.2 Å². The predicted octanol–water partition coefficient (Wildman–Crippen LogP) is 3.58.